The summed E-state index contributed by atoms with van der Waals surface area (Å²) in [6.45, 7) is 1.64. The number of anilines is 1. The molecule has 5 rings (SSSR count). The van der Waals surface area contributed by atoms with Crippen LogP contribution in [0.2, 0.25) is 0 Å². The van der Waals surface area contributed by atoms with Gasteiger partial charge in [0.05, 0.1) is 24.6 Å². The molecule has 8 heteroatoms. The predicted octanol–water partition coefficient (Wildman–Crippen LogP) is 4.23. The number of nitrogens with zero attached hydrogens (tertiary/aromatic N) is 2. The van der Waals surface area contributed by atoms with Crippen LogP contribution < -0.4 is 24.3 Å². The van der Waals surface area contributed by atoms with Crippen LogP contribution in [0, 0.1) is 11.8 Å². The summed E-state index contributed by atoms with van der Waals surface area (Å²) in [5.41, 5.74) is 1.56. The maximum absolute atomic E-state index is 12.8. The lowest BCUT2D eigenvalue weighted by Crippen LogP contribution is -2.29. The van der Waals surface area contributed by atoms with E-state index in [0.29, 0.717) is 37.4 Å². The first kappa shape index (κ1) is 21.3. The van der Waals surface area contributed by atoms with Crippen LogP contribution in [0.25, 0.3) is 10.9 Å². The minimum atomic E-state index is -0.00130. The third-order valence-electron chi connectivity index (χ3n) is 6.29. The van der Waals surface area contributed by atoms with Gasteiger partial charge in [0.2, 0.25) is 11.8 Å². The monoisotopic (exact) mass is 449 g/mol. The van der Waals surface area contributed by atoms with Crippen molar-refractivity contribution >= 4 is 22.5 Å². The molecule has 1 N–H and O–H groups in total. The number of fused-ring (bicyclic) bond motifs is 2. The fourth-order valence-corrected chi connectivity index (χ4v) is 4.41. The van der Waals surface area contributed by atoms with Crippen LogP contribution in [0.3, 0.4) is 0 Å². The molecule has 2 aromatic carbocycles. The SMILES string of the molecule is COc1ccc2ncnc(OC[C@H]3CC[C@H](C(=O)Nc4ccc5c(c4)OCCO5)CC3)c2c1. The molecule has 0 atom stereocenters. The van der Waals surface area contributed by atoms with E-state index in [2.05, 4.69) is 15.3 Å². The van der Waals surface area contributed by atoms with Crippen LogP contribution in [0.15, 0.2) is 42.7 Å². The lowest BCUT2D eigenvalue weighted by molar-refractivity contribution is -0.121. The fraction of sp³-hybridized carbons (Fsp3) is 0.400. The summed E-state index contributed by atoms with van der Waals surface area (Å²) < 4.78 is 22.5. The summed E-state index contributed by atoms with van der Waals surface area (Å²) in [6.07, 6.45) is 5.06. The second-order valence-corrected chi connectivity index (χ2v) is 8.44. The maximum Gasteiger partial charge on any atom is 0.227 e. The van der Waals surface area contributed by atoms with E-state index < -0.39 is 0 Å². The number of amides is 1. The summed E-state index contributed by atoms with van der Waals surface area (Å²) >= 11 is 0. The minimum absolute atomic E-state index is 0.00130. The van der Waals surface area contributed by atoms with Crippen molar-refractivity contribution in [2.45, 2.75) is 25.7 Å². The molecule has 1 aliphatic heterocycles. The molecule has 0 radical (unpaired) electrons. The van der Waals surface area contributed by atoms with Gasteiger partial charge in [-0.3, -0.25) is 4.79 Å². The van der Waals surface area contributed by atoms with Gasteiger partial charge in [-0.1, -0.05) is 0 Å². The second-order valence-electron chi connectivity index (χ2n) is 8.44. The summed E-state index contributed by atoms with van der Waals surface area (Å²) in [6, 6.07) is 11.2. The summed E-state index contributed by atoms with van der Waals surface area (Å²) in [5.74, 6) is 3.14. The van der Waals surface area contributed by atoms with Crippen molar-refractivity contribution < 1.29 is 23.7 Å². The molecule has 3 aromatic rings. The largest absolute Gasteiger partial charge is 0.497 e. The highest BCUT2D eigenvalue weighted by atomic mass is 16.6. The molecule has 2 aliphatic rings. The molecule has 8 nitrogen and oxygen atoms in total. The highest BCUT2D eigenvalue weighted by Crippen LogP contribution is 2.34. The van der Waals surface area contributed by atoms with Crippen LogP contribution in [0.5, 0.6) is 23.1 Å². The van der Waals surface area contributed by atoms with Crippen molar-refractivity contribution in [1.29, 1.82) is 0 Å². The number of nitrogens with one attached hydrogen (secondary N) is 1. The van der Waals surface area contributed by atoms with Crippen LogP contribution in [0.1, 0.15) is 25.7 Å². The molecule has 1 aliphatic carbocycles. The molecule has 0 saturated heterocycles. The Morgan fingerprint density at radius 2 is 1.85 bits per heavy atom. The number of methoxy groups -OCH3 is 1. The van der Waals surface area contributed by atoms with Gasteiger partial charge in [0, 0.05) is 17.7 Å². The van der Waals surface area contributed by atoms with Crippen molar-refractivity contribution in [1.82, 2.24) is 9.97 Å². The first-order valence-electron chi connectivity index (χ1n) is 11.3. The molecule has 0 spiro atoms. The highest BCUT2D eigenvalue weighted by molar-refractivity contribution is 5.93. The molecule has 2 heterocycles. The molecule has 1 amide bonds. The van der Waals surface area contributed by atoms with Crippen LogP contribution in [-0.4, -0.2) is 42.8 Å². The zero-order valence-electron chi connectivity index (χ0n) is 18.6. The average Bonchev–Trinajstić information content (AvgIpc) is 2.87. The summed E-state index contributed by atoms with van der Waals surface area (Å²) in [7, 11) is 1.63. The van der Waals surface area contributed by atoms with Crippen molar-refractivity contribution in [2.75, 3.05) is 32.2 Å². The van der Waals surface area contributed by atoms with E-state index in [1.165, 1.54) is 6.33 Å². The van der Waals surface area contributed by atoms with E-state index in [1.54, 1.807) is 7.11 Å². The molecular formula is C25H27N3O5. The van der Waals surface area contributed by atoms with Crippen LogP contribution >= 0.6 is 0 Å². The Balaban J connectivity index is 1.14. The van der Waals surface area contributed by atoms with Gasteiger partial charge in [-0.15, -0.1) is 0 Å². The molecule has 172 valence electrons. The van der Waals surface area contributed by atoms with Gasteiger partial charge in [-0.2, -0.15) is 0 Å². The Hall–Kier alpha value is -3.55. The van der Waals surface area contributed by atoms with Crippen molar-refractivity contribution in [3.05, 3.63) is 42.7 Å². The van der Waals surface area contributed by atoms with E-state index in [-0.39, 0.29) is 11.8 Å². The number of carbonyl (C=O) groups excluding carboxylic acids is 1. The summed E-state index contributed by atoms with van der Waals surface area (Å²) in [5, 5.41) is 3.87. The quantitative estimate of drug-likeness (QED) is 0.602. The molecule has 1 aromatic heterocycles. The number of carbonyl (C=O) groups is 1. The lowest BCUT2D eigenvalue weighted by atomic mass is 9.82. The number of benzene rings is 2. The number of aromatic nitrogens is 2. The van der Waals surface area contributed by atoms with Gasteiger partial charge in [0.15, 0.2) is 11.5 Å². The number of ether oxygens (including phenoxy) is 4. The normalized spacial score (nSPS) is 19.7. The molecule has 33 heavy (non-hydrogen) atoms. The Bertz CT molecular complexity index is 1140. The van der Waals surface area contributed by atoms with Crippen molar-refractivity contribution in [2.24, 2.45) is 11.8 Å². The van der Waals surface area contributed by atoms with E-state index >= 15 is 0 Å². The zero-order chi connectivity index (χ0) is 22.6. The van der Waals surface area contributed by atoms with Gasteiger partial charge >= 0.3 is 0 Å². The van der Waals surface area contributed by atoms with Crippen LogP contribution in [0.4, 0.5) is 5.69 Å². The van der Waals surface area contributed by atoms with Crippen LogP contribution in [-0.2, 0) is 4.79 Å². The third kappa shape index (κ3) is 4.79. The van der Waals surface area contributed by atoms with Gasteiger partial charge < -0.3 is 24.3 Å². The van der Waals surface area contributed by atoms with Crippen molar-refractivity contribution in [3.63, 3.8) is 0 Å². The Kier molecular flexibility index (Phi) is 6.15. The number of rotatable bonds is 6. The van der Waals surface area contributed by atoms with E-state index in [0.717, 1.165) is 53.8 Å². The number of hydrogen-bond donors (Lipinski definition) is 1. The fourth-order valence-electron chi connectivity index (χ4n) is 4.41. The van der Waals surface area contributed by atoms with E-state index in [9.17, 15) is 4.79 Å². The van der Waals surface area contributed by atoms with E-state index in [4.69, 9.17) is 18.9 Å². The standard InChI is InChI=1S/C25H27N3O5/c1-30-19-7-8-21-20(13-19)25(27-15-26-21)33-14-16-2-4-17(5-3-16)24(29)28-18-6-9-22-23(12-18)32-11-10-31-22/h6-9,12-13,15-17H,2-5,10-11,14H2,1H3,(H,28,29)/t16-,17-. The second kappa shape index (κ2) is 9.52. The van der Waals surface area contributed by atoms with Gasteiger partial charge in [-0.05, 0) is 61.9 Å². The Morgan fingerprint density at radius 1 is 1.03 bits per heavy atom. The Labute approximate surface area is 192 Å². The summed E-state index contributed by atoms with van der Waals surface area (Å²) in [4.78, 5) is 21.4. The molecule has 1 saturated carbocycles. The average molecular weight is 450 g/mol. The predicted molar refractivity (Wildman–Crippen MR) is 123 cm³/mol. The highest BCUT2D eigenvalue weighted by Gasteiger charge is 2.27. The van der Waals surface area contributed by atoms with Crippen molar-refractivity contribution in [3.8, 4) is 23.1 Å². The first-order valence-corrected chi connectivity index (χ1v) is 11.3. The lowest BCUT2D eigenvalue weighted by Gasteiger charge is -2.27. The molecule has 0 unspecified atom stereocenters. The molecule has 1 fully saturated rings. The maximum atomic E-state index is 12.8. The van der Waals surface area contributed by atoms with Gasteiger partial charge in [0.25, 0.3) is 0 Å². The van der Waals surface area contributed by atoms with E-state index in [1.807, 2.05) is 36.4 Å². The third-order valence-corrected chi connectivity index (χ3v) is 6.29. The molecular weight excluding hydrogens is 422 g/mol. The number of hydrogen-bond acceptors (Lipinski definition) is 7. The Morgan fingerprint density at radius 3 is 2.67 bits per heavy atom. The topological polar surface area (TPSA) is 91.8 Å². The smallest absolute Gasteiger partial charge is 0.227 e. The molecule has 0 bridgehead atoms. The van der Waals surface area contributed by atoms with Gasteiger partial charge in [0.1, 0.15) is 25.3 Å². The minimum Gasteiger partial charge on any atom is -0.497 e. The first-order chi connectivity index (χ1) is 16.2. The zero-order valence-corrected chi connectivity index (χ0v) is 18.6. The van der Waals surface area contributed by atoms with Gasteiger partial charge in [-0.25, -0.2) is 9.97 Å².